The van der Waals surface area contributed by atoms with Gasteiger partial charge < -0.3 is 4.74 Å². The van der Waals surface area contributed by atoms with Crippen LogP contribution in [0.25, 0.3) is 38.9 Å². The van der Waals surface area contributed by atoms with Crippen LogP contribution in [0.4, 0.5) is 0 Å². The zero-order valence-corrected chi connectivity index (χ0v) is 19.4. The number of aryl methyl sites for hydroxylation is 3. The highest BCUT2D eigenvalue weighted by Gasteiger charge is 2.20. The average molecular weight is 457 g/mol. The summed E-state index contributed by atoms with van der Waals surface area (Å²) in [5.74, 6) is -0.451. The van der Waals surface area contributed by atoms with Crippen molar-refractivity contribution in [1.82, 2.24) is 28.9 Å². The molecule has 0 fully saturated rings. The van der Waals surface area contributed by atoms with Gasteiger partial charge in [0.05, 0.1) is 52.6 Å². The topological polar surface area (TPSA) is 96.8 Å². The predicted octanol–water partition coefficient (Wildman–Crippen LogP) is 3.32. The highest BCUT2D eigenvalue weighted by atomic mass is 16.5. The molecule has 0 saturated heterocycles. The molecule has 4 heterocycles. The molecule has 5 rings (SSSR count). The SMILES string of the molecule is CCOC(=O)Cn1c(=O)n(-c2ccc(-c3cncc4c3cnn4C)nc2C)c2c(C)cccc21. The molecule has 9 nitrogen and oxygen atoms in total. The number of carbonyl (C=O) groups excluding carboxylic acids is 1. The van der Waals surface area contributed by atoms with Crippen molar-refractivity contribution in [2.24, 2.45) is 7.05 Å². The number of hydrogen-bond donors (Lipinski definition) is 0. The Morgan fingerprint density at radius 3 is 2.65 bits per heavy atom. The van der Waals surface area contributed by atoms with Gasteiger partial charge in [-0.05, 0) is 44.5 Å². The van der Waals surface area contributed by atoms with Crippen molar-refractivity contribution in [2.45, 2.75) is 27.3 Å². The Bertz CT molecular complexity index is 1630. The molecule has 0 bridgehead atoms. The lowest BCUT2D eigenvalue weighted by molar-refractivity contribution is -0.143. The van der Waals surface area contributed by atoms with Crippen molar-refractivity contribution in [1.29, 1.82) is 0 Å². The van der Waals surface area contributed by atoms with E-state index in [1.165, 1.54) is 4.57 Å². The fraction of sp³-hybridized carbons (Fsp3) is 0.240. The molecule has 0 spiro atoms. The lowest BCUT2D eigenvalue weighted by Gasteiger charge is -2.10. The number of fused-ring (bicyclic) bond motifs is 2. The molecular formula is C25H24N6O3. The number of nitrogens with zero attached hydrogens (tertiary/aromatic N) is 6. The summed E-state index contributed by atoms with van der Waals surface area (Å²) in [6, 6.07) is 9.42. The highest BCUT2D eigenvalue weighted by Crippen LogP contribution is 2.28. The van der Waals surface area contributed by atoms with E-state index in [0.717, 1.165) is 33.2 Å². The van der Waals surface area contributed by atoms with Gasteiger partial charge in [0.25, 0.3) is 0 Å². The number of pyridine rings is 2. The first-order chi connectivity index (χ1) is 16.4. The van der Waals surface area contributed by atoms with Gasteiger partial charge >= 0.3 is 11.7 Å². The van der Waals surface area contributed by atoms with Crippen molar-refractivity contribution in [3.8, 4) is 16.9 Å². The minimum Gasteiger partial charge on any atom is -0.465 e. The molecular weight excluding hydrogens is 432 g/mol. The fourth-order valence-corrected chi connectivity index (χ4v) is 4.39. The largest absolute Gasteiger partial charge is 0.465 e. The summed E-state index contributed by atoms with van der Waals surface area (Å²) in [5, 5.41) is 5.28. The smallest absolute Gasteiger partial charge is 0.334 e. The van der Waals surface area contributed by atoms with Crippen LogP contribution in [0.2, 0.25) is 0 Å². The van der Waals surface area contributed by atoms with E-state index >= 15 is 0 Å². The Balaban J connectivity index is 1.68. The number of para-hydroxylation sites is 1. The van der Waals surface area contributed by atoms with E-state index in [2.05, 4.69) is 10.1 Å². The van der Waals surface area contributed by atoms with Gasteiger partial charge in [0.2, 0.25) is 0 Å². The highest BCUT2D eigenvalue weighted by molar-refractivity contribution is 5.93. The second kappa shape index (κ2) is 8.26. The van der Waals surface area contributed by atoms with Crippen LogP contribution in [0.1, 0.15) is 18.2 Å². The number of aromatic nitrogens is 6. The Morgan fingerprint density at radius 2 is 1.88 bits per heavy atom. The first-order valence-corrected chi connectivity index (χ1v) is 11.0. The van der Waals surface area contributed by atoms with Gasteiger partial charge in [-0.3, -0.25) is 28.6 Å². The summed E-state index contributed by atoms with van der Waals surface area (Å²) in [5.41, 5.74) is 5.88. The predicted molar refractivity (Wildman–Crippen MR) is 129 cm³/mol. The van der Waals surface area contributed by atoms with Crippen LogP contribution < -0.4 is 5.69 Å². The molecule has 172 valence electrons. The molecule has 0 aliphatic heterocycles. The molecule has 5 aromatic rings. The number of hydrogen-bond acceptors (Lipinski definition) is 6. The van der Waals surface area contributed by atoms with Crippen LogP contribution in [0.15, 0.2) is 53.7 Å². The van der Waals surface area contributed by atoms with Crippen LogP contribution in [-0.4, -0.2) is 41.5 Å². The standard InChI is InChI=1S/C25H24N6O3/c1-5-34-23(32)14-30-21-8-6-7-15(2)24(21)31(25(30)33)20-10-9-19(28-16(20)3)17-11-26-13-22-18(17)12-27-29(22)4/h6-13H,5,14H2,1-4H3. The van der Waals surface area contributed by atoms with Gasteiger partial charge in [-0.2, -0.15) is 5.10 Å². The first-order valence-electron chi connectivity index (χ1n) is 11.0. The van der Waals surface area contributed by atoms with Crippen LogP contribution in [0, 0.1) is 13.8 Å². The van der Waals surface area contributed by atoms with Crippen molar-refractivity contribution in [2.75, 3.05) is 6.61 Å². The van der Waals surface area contributed by atoms with Gasteiger partial charge in [0, 0.05) is 24.2 Å². The van der Waals surface area contributed by atoms with E-state index in [4.69, 9.17) is 9.72 Å². The molecule has 0 atom stereocenters. The van der Waals surface area contributed by atoms with E-state index in [1.54, 1.807) is 34.8 Å². The van der Waals surface area contributed by atoms with Gasteiger partial charge in [0.1, 0.15) is 6.54 Å². The number of imidazole rings is 1. The molecule has 0 radical (unpaired) electrons. The number of esters is 1. The summed E-state index contributed by atoms with van der Waals surface area (Å²) >= 11 is 0. The van der Waals surface area contributed by atoms with Crippen molar-refractivity contribution < 1.29 is 9.53 Å². The van der Waals surface area contributed by atoms with Gasteiger partial charge in [-0.1, -0.05) is 12.1 Å². The molecule has 4 aromatic heterocycles. The number of benzene rings is 1. The third-order valence-electron chi connectivity index (χ3n) is 6.00. The van der Waals surface area contributed by atoms with Crippen molar-refractivity contribution >= 4 is 27.9 Å². The monoisotopic (exact) mass is 456 g/mol. The van der Waals surface area contributed by atoms with E-state index in [0.29, 0.717) is 16.9 Å². The fourth-order valence-electron chi connectivity index (χ4n) is 4.39. The second-order valence-corrected chi connectivity index (χ2v) is 8.14. The van der Waals surface area contributed by atoms with E-state index < -0.39 is 5.97 Å². The average Bonchev–Trinajstić information content (AvgIpc) is 3.33. The molecule has 0 aliphatic carbocycles. The third kappa shape index (κ3) is 3.37. The van der Waals surface area contributed by atoms with Crippen LogP contribution >= 0.6 is 0 Å². The van der Waals surface area contributed by atoms with Gasteiger partial charge in [0.15, 0.2) is 0 Å². The molecule has 0 amide bonds. The Morgan fingerprint density at radius 1 is 1.06 bits per heavy atom. The molecule has 34 heavy (non-hydrogen) atoms. The molecule has 0 aliphatic rings. The maximum atomic E-state index is 13.5. The summed E-state index contributed by atoms with van der Waals surface area (Å²) < 4.78 is 9.94. The maximum Gasteiger partial charge on any atom is 0.334 e. The van der Waals surface area contributed by atoms with Crippen molar-refractivity contribution in [3.05, 3.63) is 70.7 Å². The second-order valence-electron chi connectivity index (χ2n) is 8.14. The zero-order valence-electron chi connectivity index (χ0n) is 19.4. The molecule has 0 unspecified atom stereocenters. The molecule has 9 heteroatoms. The van der Waals surface area contributed by atoms with E-state index in [9.17, 15) is 9.59 Å². The lowest BCUT2D eigenvalue weighted by Crippen LogP contribution is -2.27. The molecule has 0 N–H and O–H groups in total. The molecule has 0 saturated carbocycles. The van der Waals surface area contributed by atoms with E-state index in [1.807, 2.05) is 51.2 Å². The number of rotatable bonds is 5. The van der Waals surface area contributed by atoms with Gasteiger partial charge in [-0.25, -0.2) is 4.79 Å². The van der Waals surface area contributed by atoms with Crippen LogP contribution in [0.5, 0.6) is 0 Å². The molecule has 1 aromatic carbocycles. The van der Waals surface area contributed by atoms with Crippen LogP contribution in [-0.2, 0) is 23.1 Å². The number of ether oxygens (including phenoxy) is 1. The third-order valence-corrected chi connectivity index (χ3v) is 6.00. The summed E-state index contributed by atoms with van der Waals surface area (Å²) in [6.07, 6.45) is 5.34. The quantitative estimate of drug-likeness (QED) is 0.377. The minimum atomic E-state index is -0.451. The van der Waals surface area contributed by atoms with Crippen molar-refractivity contribution in [3.63, 3.8) is 0 Å². The summed E-state index contributed by atoms with van der Waals surface area (Å²) in [6.45, 7) is 5.66. The first kappa shape index (κ1) is 21.6. The van der Waals surface area contributed by atoms with Gasteiger partial charge in [-0.15, -0.1) is 0 Å². The minimum absolute atomic E-state index is 0.154. The lowest BCUT2D eigenvalue weighted by atomic mass is 10.1. The number of carbonyl (C=O) groups is 1. The summed E-state index contributed by atoms with van der Waals surface area (Å²) in [7, 11) is 1.87. The van der Waals surface area contributed by atoms with E-state index in [-0.39, 0.29) is 18.8 Å². The normalized spacial score (nSPS) is 11.4. The maximum absolute atomic E-state index is 13.5. The van der Waals surface area contributed by atoms with Crippen LogP contribution in [0.3, 0.4) is 0 Å². The Hall–Kier alpha value is -4.27. The zero-order chi connectivity index (χ0) is 24.0. The Labute approximate surface area is 195 Å². The Kier molecular flexibility index (Phi) is 5.24. The summed E-state index contributed by atoms with van der Waals surface area (Å²) in [4.78, 5) is 34.9.